The Labute approximate surface area is 131 Å². The minimum atomic E-state index is -0.145. The molecule has 1 aliphatic rings. The molecule has 1 aromatic carbocycles. The maximum atomic E-state index is 10.1. The first kappa shape index (κ1) is 15.3. The average molecular weight is 300 g/mol. The molecule has 1 N–H and O–H groups in total. The van der Waals surface area contributed by atoms with Crippen molar-refractivity contribution in [3.63, 3.8) is 0 Å². The van der Waals surface area contributed by atoms with E-state index in [1.54, 1.807) is 6.26 Å². The number of hydrogen-bond acceptors (Lipinski definition) is 4. The molecule has 2 atom stereocenters. The van der Waals surface area contributed by atoms with Crippen molar-refractivity contribution >= 4 is 0 Å². The summed E-state index contributed by atoms with van der Waals surface area (Å²) in [6.07, 6.45) is 6.05. The van der Waals surface area contributed by atoms with Crippen molar-refractivity contribution in [2.75, 3.05) is 13.6 Å². The van der Waals surface area contributed by atoms with Crippen LogP contribution in [-0.4, -0.2) is 34.7 Å². The highest BCUT2D eigenvalue weighted by molar-refractivity contribution is 5.52. The summed E-state index contributed by atoms with van der Waals surface area (Å²) in [4.78, 5) is 6.79. The van der Waals surface area contributed by atoms with Gasteiger partial charge in [-0.3, -0.25) is 0 Å². The smallest absolute Gasteiger partial charge is 0.226 e. The Morgan fingerprint density at radius 2 is 2.00 bits per heavy atom. The normalized spacial score (nSPS) is 22.1. The number of aromatic nitrogens is 1. The van der Waals surface area contributed by atoms with Crippen molar-refractivity contribution in [2.24, 2.45) is 5.92 Å². The zero-order valence-corrected chi connectivity index (χ0v) is 13.1. The molecule has 0 spiro atoms. The number of aliphatic hydroxyl groups excluding tert-OH is 1. The highest BCUT2D eigenvalue weighted by atomic mass is 16.3. The number of nitrogens with zero attached hydrogens (tertiary/aromatic N) is 2. The lowest BCUT2D eigenvalue weighted by atomic mass is 9.86. The van der Waals surface area contributed by atoms with Gasteiger partial charge in [0.15, 0.2) is 0 Å². The van der Waals surface area contributed by atoms with Crippen LogP contribution in [0, 0.1) is 5.92 Å². The van der Waals surface area contributed by atoms with Crippen LogP contribution in [0.3, 0.4) is 0 Å². The first-order chi connectivity index (χ1) is 10.7. The summed E-state index contributed by atoms with van der Waals surface area (Å²) in [7, 11) is 2.08. The predicted molar refractivity (Wildman–Crippen MR) is 86.2 cm³/mol. The molecule has 1 aliphatic carbocycles. The summed E-state index contributed by atoms with van der Waals surface area (Å²) >= 11 is 0. The molecule has 0 bridgehead atoms. The summed E-state index contributed by atoms with van der Waals surface area (Å²) in [6.45, 7) is 1.66. The fourth-order valence-corrected chi connectivity index (χ4v) is 3.24. The average Bonchev–Trinajstić information content (AvgIpc) is 2.99. The first-order valence-corrected chi connectivity index (χ1v) is 8.09. The maximum Gasteiger partial charge on any atom is 0.226 e. The third kappa shape index (κ3) is 3.76. The lowest BCUT2D eigenvalue weighted by molar-refractivity contribution is 0.0500. The van der Waals surface area contributed by atoms with Crippen LogP contribution in [0.5, 0.6) is 0 Å². The maximum absolute atomic E-state index is 10.1. The second kappa shape index (κ2) is 7.07. The van der Waals surface area contributed by atoms with E-state index in [1.807, 2.05) is 30.3 Å². The number of hydrogen-bond donors (Lipinski definition) is 1. The van der Waals surface area contributed by atoms with Crippen molar-refractivity contribution in [1.82, 2.24) is 9.88 Å². The zero-order chi connectivity index (χ0) is 15.4. The molecule has 0 radical (unpaired) electrons. The van der Waals surface area contributed by atoms with Gasteiger partial charge in [0.1, 0.15) is 6.26 Å². The molecule has 22 heavy (non-hydrogen) atoms. The van der Waals surface area contributed by atoms with Gasteiger partial charge in [-0.1, -0.05) is 31.0 Å². The molecule has 2 aromatic rings. The van der Waals surface area contributed by atoms with Crippen LogP contribution in [0.25, 0.3) is 11.5 Å². The summed E-state index contributed by atoms with van der Waals surface area (Å²) in [5, 5.41) is 10.1. The summed E-state index contributed by atoms with van der Waals surface area (Å²) < 4.78 is 5.58. The Morgan fingerprint density at radius 3 is 2.77 bits per heavy atom. The lowest BCUT2D eigenvalue weighted by Crippen LogP contribution is -2.34. The van der Waals surface area contributed by atoms with Crippen LogP contribution in [0.15, 0.2) is 41.0 Å². The Bertz CT molecular complexity index is 582. The van der Waals surface area contributed by atoms with Crippen LogP contribution >= 0.6 is 0 Å². The first-order valence-electron chi connectivity index (χ1n) is 8.09. The highest BCUT2D eigenvalue weighted by Gasteiger charge is 2.24. The molecule has 0 amide bonds. The third-order valence-electron chi connectivity index (χ3n) is 4.42. The van der Waals surface area contributed by atoms with Crippen molar-refractivity contribution in [3.8, 4) is 11.5 Å². The number of aliphatic hydroxyl groups is 1. The quantitative estimate of drug-likeness (QED) is 0.920. The molecule has 1 fully saturated rings. The Balaban J connectivity index is 1.58. The second-order valence-electron chi connectivity index (χ2n) is 6.32. The topological polar surface area (TPSA) is 49.5 Å². The molecular formula is C18H24N2O2. The van der Waals surface area contributed by atoms with E-state index >= 15 is 0 Å². The van der Waals surface area contributed by atoms with E-state index in [1.165, 1.54) is 6.42 Å². The summed E-state index contributed by atoms with van der Waals surface area (Å²) in [5.41, 5.74) is 1.94. The number of oxazole rings is 1. The molecule has 118 valence electrons. The SMILES string of the molecule is CN(Cc1coc(-c2ccccc2)n1)CC1CCCCC1O. The van der Waals surface area contributed by atoms with E-state index in [4.69, 9.17) is 4.42 Å². The zero-order valence-electron chi connectivity index (χ0n) is 13.1. The lowest BCUT2D eigenvalue weighted by Gasteiger charge is -2.30. The van der Waals surface area contributed by atoms with Gasteiger partial charge in [-0.25, -0.2) is 4.98 Å². The van der Waals surface area contributed by atoms with Crippen LogP contribution < -0.4 is 0 Å². The molecule has 1 saturated carbocycles. The molecule has 0 aliphatic heterocycles. The van der Waals surface area contributed by atoms with Gasteiger partial charge in [0.2, 0.25) is 5.89 Å². The van der Waals surface area contributed by atoms with Crippen molar-refractivity contribution < 1.29 is 9.52 Å². The van der Waals surface area contributed by atoms with E-state index < -0.39 is 0 Å². The van der Waals surface area contributed by atoms with Crippen molar-refractivity contribution in [3.05, 3.63) is 42.3 Å². The molecule has 1 heterocycles. The minimum Gasteiger partial charge on any atom is -0.444 e. The third-order valence-corrected chi connectivity index (χ3v) is 4.42. The van der Waals surface area contributed by atoms with Gasteiger partial charge >= 0.3 is 0 Å². The van der Waals surface area contributed by atoms with Gasteiger partial charge in [-0.05, 0) is 37.9 Å². The molecule has 4 heteroatoms. The van der Waals surface area contributed by atoms with Crippen molar-refractivity contribution in [2.45, 2.75) is 38.3 Å². The molecule has 2 unspecified atom stereocenters. The molecule has 3 rings (SSSR count). The largest absolute Gasteiger partial charge is 0.444 e. The summed E-state index contributed by atoms with van der Waals surface area (Å²) in [6, 6.07) is 9.94. The van der Waals surface area contributed by atoms with Crippen molar-refractivity contribution in [1.29, 1.82) is 0 Å². The Morgan fingerprint density at radius 1 is 1.23 bits per heavy atom. The second-order valence-corrected chi connectivity index (χ2v) is 6.32. The molecule has 0 saturated heterocycles. The fourth-order valence-electron chi connectivity index (χ4n) is 3.24. The predicted octanol–water partition coefficient (Wildman–Crippen LogP) is 3.32. The van der Waals surface area contributed by atoms with Gasteiger partial charge in [-0.15, -0.1) is 0 Å². The standard InChI is InChI=1S/C18H24N2O2/c1-20(11-15-9-5-6-10-17(15)21)12-16-13-22-18(19-16)14-7-3-2-4-8-14/h2-4,7-8,13,15,17,21H,5-6,9-12H2,1H3. The van der Waals surface area contributed by atoms with Crippen LogP contribution in [0.2, 0.25) is 0 Å². The molecule has 1 aromatic heterocycles. The summed E-state index contributed by atoms with van der Waals surface area (Å²) in [5.74, 6) is 1.06. The van der Waals surface area contributed by atoms with Crippen LogP contribution in [-0.2, 0) is 6.54 Å². The number of benzene rings is 1. The van der Waals surface area contributed by atoms with Gasteiger partial charge in [0.05, 0.1) is 11.8 Å². The Hall–Kier alpha value is -1.65. The van der Waals surface area contributed by atoms with E-state index in [0.717, 1.165) is 43.6 Å². The van der Waals surface area contributed by atoms with Gasteiger partial charge in [-0.2, -0.15) is 0 Å². The van der Waals surface area contributed by atoms with E-state index in [-0.39, 0.29) is 6.10 Å². The highest BCUT2D eigenvalue weighted by Crippen LogP contribution is 2.25. The van der Waals surface area contributed by atoms with E-state index in [0.29, 0.717) is 11.8 Å². The monoisotopic (exact) mass is 300 g/mol. The van der Waals surface area contributed by atoms with E-state index in [9.17, 15) is 5.11 Å². The molecular weight excluding hydrogens is 276 g/mol. The van der Waals surface area contributed by atoms with E-state index in [2.05, 4.69) is 16.9 Å². The van der Waals surface area contributed by atoms with Gasteiger partial charge in [0, 0.05) is 18.7 Å². The minimum absolute atomic E-state index is 0.145. The fraction of sp³-hybridized carbons (Fsp3) is 0.500. The number of rotatable bonds is 5. The van der Waals surface area contributed by atoms with Crippen LogP contribution in [0.4, 0.5) is 0 Å². The van der Waals surface area contributed by atoms with Gasteiger partial charge in [0.25, 0.3) is 0 Å². The molecule has 4 nitrogen and oxygen atoms in total. The Kier molecular flexibility index (Phi) is 4.90. The van der Waals surface area contributed by atoms with Crippen LogP contribution in [0.1, 0.15) is 31.4 Å². The van der Waals surface area contributed by atoms with Gasteiger partial charge < -0.3 is 14.4 Å².